The Kier molecular flexibility index (Phi) is 3.90. The van der Waals surface area contributed by atoms with Crippen LogP contribution in [0.4, 0.5) is 5.69 Å². The van der Waals surface area contributed by atoms with Crippen molar-refractivity contribution in [3.8, 4) is 6.07 Å². The van der Waals surface area contributed by atoms with Crippen molar-refractivity contribution >= 4 is 40.2 Å². The first kappa shape index (κ1) is 12.3. The quantitative estimate of drug-likeness (QED) is 0.897. The number of nitrogens with one attached hydrogen (secondary N) is 1. The van der Waals surface area contributed by atoms with Crippen LogP contribution in [-0.4, -0.2) is 0 Å². The number of anilines is 1. The lowest BCUT2D eigenvalue weighted by Crippen LogP contribution is -1.96. The van der Waals surface area contributed by atoms with E-state index in [4.69, 9.17) is 28.5 Å². The predicted molar refractivity (Wildman–Crippen MR) is 72.8 cm³/mol. The molecule has 2 aromatic rings. The molecule has 1 heterocycles. The van der Waals surface area contributed by atoms with Crippen molar-refractivity contribution in [1.82, 2.24) is 0 Å². The zero-order valence-corrected chi connectivity index (χ0v) is 11.0. The maximum absolute atomic E-state index is 8.71. The molecule has 0 aliphatic heterocycles. The monoisotopic (exact) mass is 282 g/mol. The third-order valence-corrected chi connectivity index (χ3v) is 3.53. The maximum atomic E-state index is 8.71. The minimum atomic E-state index is 0.601. The summed E-state index contributed by atoms with van der Waals surface area (Å²) in [4.78, 5) is 1.81. The van der Waals surface area contributed by atoms with Crippen LogP contribution in [0.5, 0.6) is 0 Å². The molecule has 0 aliphatic carbocycles. The lowest BCUT2D eigenvalue weighted by atomic mass is 10.3. The Balaban J connectivity index is 2.04. The standard InChI is InChI=1S/C12H8Cl2N2S/c13-8-3-9(14)5-10(4-8)16-7-12-2-1-11(6-15)17-12/h1-5,16H,7H2. The molecule has 5 heteroatoms. The largest absolute Gasteiger partial charge is 0.380 e. The van der Waals surface area contributed by atoms with Gasteiger partial charge < -0.3 is 5.32 Å². The van der Waals surface area contributed by atoms with E-state index < -0.39 is 0 Å². The number of halogens is 2. The van der Waals surface area contributed by atoms with Crippen molar-refractivity contribution in [2.75, 3.05) is 5.32 Å². The summed E-state index contributed by atoms with van der Waals surface area (Å²) in [6.45, 7) is 0.656. The molecule has 86 valence electrons. The van der Waals surface area contributed by atoms with Gasteiger partial charge in [0.2, 0.25) is 0 Å². The van der Waals surface area contributed by atoms with Crippen LogP contribution >= 0.6 is 34.5 Å². The minimum absolute atomic E-state index is 0.601. The highest BCUT2D eigenvalue weighted by molar-refractivity contribution is 7.12. The summed E-state index contributed by atoms with van der Waals surface area (Å²) in [5, 5.41) is 13.1. The van der Waals surface area contributed by atoms with E-state index in [9.17, 15) is 0 Å². The average molecular weight is 283 g/mol. The van der Waals surface area contributed by atoms with Crippen molar-refractivity contribution in [2.45, 2.75) is 6.54 Å². The van der Waals surface area contributed by atoms with Gasteiger partial charge in [-0.2, -0.15) is 5.26 Å². The third kappa shape index (κ3) is 3.37. The summed E-state index contributed by atoms with van der Waals surface area (Å²) in [6, 6.07) is 11.2. The molecule has 0 aliphatic rings. The number of nitriles is 1. The fraction of sp³-hybridized carbons (Fsp3) is 0.0833. The second kappa shape index (κ2) is 5.42. The van der Waals surface area contributed by atoms with Gasteiger partial charge in [-0.05, 0) is 30.3 Å². The van der Waals surface area contributed by atoms with E-state index in [1.54, 1.807) is 6.07 Å². The van der Waals surface area contributed by atoms with Crippen molar-refractivity contribution in [3.05, 3.63) is 50.1 Å². The molecule has 17 heavy (non-hydrogen) atoms. The van der Waals surface area contributed by atoms with Gasteiger partial charge in [-0.25, -0.2) is 0 Å². The molecule has 0 radical (unpaired) electrons. The van der Waals surface area contributed by atoms with Crippen molar-refractivity contribution in [3.63, 3.8) is 0 Å². The number of thiophene rings is 1. The van der Waals surface area contributed by atoms with Gasteiger partial charge >= 0.3 is 0 Å². The number of rotatable bonds is 3. The molecule has 2 nitrogen and oxygen atoms in total. The molecule has 1 aromatic heterocycles. The Morgan fingerprint density at radius 3 is 2.47 bits per heavy atom. The van der Waals surface area contributed by atoms with E-state index in [-0.39, 0.29) is 0 Å². The number of nitrogens with zero attached hydrogens (tertiary/aromatic N) is 1. The lowest BCUT2D eigenvalue weighted by molar-refractivity contribution is 1.19. The molecule has 0 bridgehead atoms. The molecule has 0 unspecified atom stereocenters. The fourth-order valence-corrected chi connectivity index (χ4v) is 2.65. The molecule has 0 fully saturated rings. The highest BCUT2D eigenvalue weighted by Gasteiger charge is 2.01. The molecule has 1 aromatic carbocycles. The summed E-state index contributed by atoms with van der Waals surface area (Å²) in [6.07, 6.45) is 0. The summed E-state index contributed by atoms with van der Waals surface area (Å²) in [5.74, 6) is 0. The Hall–Kier alpha value is -1.21. The number of hydrogen-bond acceptors (Lipinski definition) is 3. The molecule has 0 saturated heterocycles. The molecule has 0 spiro atoms. The summed E-state index contributed by atoms with van der Waals surface area (Å²) >= 11 is 13.3. The van der Waals surface area contributed by atoms with E-state index in [1.165, 1.54) is 11.3 Å². The van der Waals surface area contributed by atoms with Crippen LogP contribution < -0.4 is 5.32 Å². The van der Waals surface area contributed by atoms with Crippen LogP contribution in [0, 0.1) is 11.3 Å². The molecular weight excluding hydrogens is 275 g/mol. The molecule has 0 amide bonds. The summed E-state index contributed by atoms with van der Waals surface area (Å²) in [5.41, 5.74) is 0.870. The van der Waals surface area contributed by atoms with Gasteiger partial charge in [0.15, 0.2) is 0 Å². The van der Waals surface area contributed by atoms with Crippen LogP contribution in [0.2, 0.25) is 10.0 Å². The van der Waals surface area contributed by atoms with Crippen LogP contribution in [0.3, 0.4) is 0 Å². The van der Waals surface area contributed by atoms with Crippen molar-refractivity contribution in [1.29, 1.82) is 5.26 Å². The SMILES string of the molecule is N#Cc1ccc(CNc2cc(Cl)cc(Cl)c2)s1. The van der Waals surface area contributed by atoms with Gasteiger partial charge in [-0.3, -0.25) is 0 Å². The van der Waals surface area contributed by atoms with Gasteiger partial charge in [0.25, 0.3) is 0 Å². The van der Waals surface area contributed by atoms with E-state index in [0.29, 0.717) is 21.5 Å². The second-order valence-corrected chi connectivity index (χ2v) is 5.43. The van der Waals surface area contributed by atoms with Crippen LogP contribution in [0.1, 0.15) is 9.75 Å². The maximum Gasteiger partial charge on any atom is 0.110 e. The Morgan fingerprint density at radius 1 is 1.18 bits per heavy atom. The predicted octanol–water partition coefficient (Wildman–Crippen LogP) is 4.54. The van der Waals surface area contributed by atoms with Gasteiger partial charge in [0, 0.05) is 27.2 Å². The van der Waals surface area contributed by atoms with Gasteiger partial charge in [0.1, 0.15) is 10.9 Å². The van der Waals surface area contributed by atoms with Crippen molar-refractivity contribution in [2.24, 2.45) is 0 Å². The van der Waals surface area contributed by atoms with Crippen LogP contribution in [0.25, 0.3) is 0 Å². The van der Waals surface area contributed by atoms with E-state index in [1.807, 2.05) is 24.3 Å². The van der Waals surface area contributed by atoms with Crippen molar-refractivity contribution < 1.29 is 0 Å². The normalized spacial score (nSPS) is 9.94. The zero-order chi connectivity index (χ0) is 12.3. The molecule has 2 rings (SSSR count). The van der Waals surface area contributed by atoms with E-state index in [0.717, 1.165) is 10.6 Å². The Morgan fingerprint density at radius 2 is 1.88 bits per heavy atom. The highest BCUT2D eigenvalue weighted by Crippen LogP contribution is 2.23. The molecular formula is C12H8Cl2N2S. The zero-order valence-electron chi connectivity index (χ0n) is 8.71. The first-order valence-corrected chi connectivity index (χ1v) is 6.43. The summed E-state index contributed by atoms with van der Waals surface area (Å²) < 4.78 is 0. The first-order chi connectivity index (χ1) is 8.17. The van der Waals surface area contributed by atoms with Crippen LogP contribution in [-0.2, 0) is 6.54 Å². The lowest BCUT2D eigenvalue weighted by Gasteiger charge is -2.05. The fourth-order valence-electron chi connectivity index (χ4n) is 1.38. The van der Waals surface area contributed by atoms with Gasteiger partial charge in [0.05, 0.1) is 0 Å². The minimum Gasteiger partial charge on any atom is -0.380 e. The second-order valence-electron chi connectivity index (χ2n) is 3.39. The van der Waals surface area contributed by atoms with Gasteiger partial charge in [-0.15, -0.1) is 11.3 Å². The smallest absolute Gasteiger partial charge is 0.110 e. The Bertz CT molecular complexity index is 552. The first-order valence-electron chi connectivity index (χ1n) is 4.86. The topological polar surface area (TPSA) is 35.8 Å². The summed E-state index contributed by atoms with van der Waals surface area (Å²) in [7, 11) is 0. The Labute approximate surface area is 113 Å². The average Bonchev–Trinajstić information content (AvgIpc) is 2.73. The van der Waals surface area contributed by atoms with E-state index in [2.05, 4.69) is 11.4 Å². The third-order valence-electron chi connectivity index (χ3n) is 2.10. The molecule has 1 N–H and O–H groups in total. The molecule has 0 saturated carbocycles. The highest BCUT2D eigenvalue weighted by atomic mass is 35.5. The number of hydrogen-bond donors (Lipinski definition) is 1. The van der Waals surface area contributed by atoms with E-state index >= 15 is 0 Å². The van der Waals surface area contributed by atoms with Gasteiger partial charge in [-0.1, -0.05) is 23.2 Å². The van der Waals surface area contributed by atoms with Crippen LogP contribution in [0.15, 0.2) is 30.3 Å². The molecule has 0 atom stereocenters. The number of benzene rings is 1.